The highest BCUT2D eigenvalue weighted by Gasteiger charge is 2.19. The number of phenols is 1. The number of aromatic hydroxyl groups is 1. The molecule has 0 fully saturated rings. The molecule has 1 aromatic heterocycles. The molecular weight excluding hydrogens is 310 g/mol. The first-order chi connectivity index (χ1) is 10.4. The lowest BCUT2D eigenvalue weighted by atomic mass is 10.2. The molecule has 0 aliphatic rings. The monoisotopic (exact) mass is 323 g/mol. The van der Waals surface area contributed by atoms with E-state index in [1.807, 2.05) is 0 Å². The van der Waals surface area contributed by atoms with Crippen LogP contribution in [0.1, 0.15) is 27.9 Å². The lowest BCUT2D eigenvalue weighted by molar-refractivity contribution is 0.0513. The highest BCUT2D eigenvalue weighted by molar-refractivity contribution is 6.31. The van der Waals surface area contributed by atoms with Gasteiger partial charge in [-0.15, -0.1) is 0 Å². The third-order valence-corrected chi connectivity index (χ3v) is 3.04. The number of hydrogen-bond acceptors (Lipinski definition) is 5. The van der Waals surface area contributed by atoms with Crippen LogP contribution in [0.5, 0.6) is 5.75 Å². The molecule has 7 nitrogen and oxygen atoms in total. The van der Waals surface area contributed by atoms with Crippen molar-refractivity contribution in [3.63, 3.8) is 0 Å². The van der Waals surface area contributed by atoms with E-state index in [0.29, 0.717) is 5.02 Å². The zero-order valence-corrected chi connectivity index (χ0v) is 12.7. The second kappa shape index (κ2) is 6.48. The molecule has 2 rings (SSSR count). The SMILES string of the molecule is CCOC(=O)c1cc(C(=O)Nc2cc(Cl)ccc2O)nn1C. The van der Waals surface area contributed by atoms with E-state index in [1.54, 1.807) is 6.92 Å². The first kappa shape index (κ1) is 15.8. The van der Waals surface area contributed by atoms with E-state index in [9.17, 15) is 14.7 Å². The number of carbonyl (C=O) groups is 2. The highest BCUT2D eigenvalue weighted by Crippen LogP contribution is 2.26. The fraction of sp³-hybridized carbons (Fsp3) is 0.214. The number of anilines is 1. The van der Waals surface area contributed by atoms with E-state index < -0.39 is 11.9 Å². The molecule has 1 aromatic carbocycles. The van der Waals surface area contributed by atoms with Gasteiger partial charge in [0.15, 0.2) is 5.69 Å². The molecule has 8 heteroatoms. The minimum Gasteiger partial charge on any atom is -0.506 e. The number of phenolic OH excluding ortho intramolecular Hbond substituents is 1. The average Bonchev–Trinajstić information content (AvgIpc) is 2.85. The fourth-order valence-electron chi connectivity index (χ4n) is 1.77. The van der Waals surface area contributed by atoms with Gasteiger partial charge >= 0.3 is 5.97 Å². The second-order valence-corrected chi connectivity index (χ2v) is 4.81. The maximum Gasteiger partial charge on any atom is 0.356 e. The topological polar surface area (TPSA) is 93.5 Å². The molecule has 22 heavy (non-hydrogen) atoms. The lowest BCUT2D eigenvalue weighted by Gasteiger charge is -2.05. The Morgan fingerprint density at radius 2 is 2.14 bits per heavy atom. The molecule has 0 unspecified atom stereocenters. The molecule has 1 heterocycles. The van der Waals surface area contributed by atoms with Gasteiger partial charge in [0.25, 0.3) is 5.91 Å². The average molecular weight is 324 g/mol. The maximum absolute atomic E-state index is 12.1. The van der Waals surface area contributed by atoms with E-state index in [2.05, 4.69) is 10.4 Å². The van der Waals surface area contributed by atoms with Gasteiger partial charge in [-0.2, -0.15) is 5.10 Å². The maximum atomic E-state index is 12.1. The molecule has 0 spiro atoms. The number of aryl methyl sites for hydroxylation is 1. The Morgan fingerprint density at radius 1 is 1.41 bits per heavy atom. The molecular formula is C14H14ClN3O4. The molecule has 1 amide bonds. The Kier molecular flexibility index (Phi) is 4.67. The molecule has 0 saturated heterocycles. The van der Waals surface area contributed by atoms with Crippen LogP contribution in [0.3, 0.4) is 0 Å². The van der Waals surface area contributed by atoms with E-state index in [-0.39, 0.29) is 29.4 Å². The van der Waals surface area contributed by atoms with Crippen molar-refractivity contribution in [3.05, 3.63) is 40.7 Å². The van der Waals surface area contributed by atoms with Gasteiger partial charge in [-0.1, -0.05) is 11.6 Å². The van der Waals surface area contributed by atoms with E-state index in [4.69, 9.17) is 16.3 Å². The molecule has 2 aromatic rings. The summed E-state index contributed by atoms with van der Waals surface area (Å²) < 4.78 is 6.12. The summed E-state index contributed by atoms with van der Waals surface area (Å²) in [5.41, 5.74) is 0.327. The van der Waals surface area contributed by atoms with E-state index in [1.165, 1.54) is 36.0 Å². The first-order valence-electron chi connectivity index (χ1n) is 6.43. The van der Waals surface area contributed by atoms with Crippen molar-refractivity contribution in [2.45, 2.75) is 6.92 Å². The Hall–Kier alpha value is -2.54. The van der Waals surface area contributed by atoms with Crippen LogP contribution in [-0.4, -0.2) is 33.4 Å². The quantitative estimate of drug-likeness (QED) is 0.664. The normalized spacial score (nSPS) is 10.3. The Balaban J connectivity index is 2.21. The lowest BCUT2D eigenvalue weighted by Crippen LogP contribution is -2.13. The van der Waals surface area contributed by atoms with Crippen LogP contribution in [-0.2, 0) is 11.8 Å². The second-order valence-electron chi connectivity index (χ2n) is 4.37. The molecule has 0 aliphatic carbocycles. The van der Waals surface area contributed by atoms with Gasteiger partial charge in [-0.05, 0) is 25.1 Å². The molecule has 0 atom stereocenters. The Bertz CT molecular complexity index is 727. The summed E-state index contributed by atoms with van der Waals surface area (Å²) in [6, 6.07) is 5.57. The number of hydrogen-bond donors (Lipinski definition) is 2. The third kappa shape index (κ3) is 3.37. The summed E-state index contributed by atoms with van der Waals surface area (Å²) in [6.45, 7) is 1.91. The van der Waals surface area contributed by atoms with Crippen molar-refractivity contribution in [2.24, 2.45) is 7.05 Å². The summed E-state index contributed by atoms with van der Waals surface area (Å²) in [7, 11) is 1.53. The minimum absolute atomic E-state index is 0.0185. The number of rotatable bonds is 4. The van der Waals surface area contributed by atoms with Crippen LogP contribution < -0.4 is 5.32 Å². The van der Waals surface area contributed by atoms with Crippen LogP contribution in [0.15, 0.2) is 24.3 Å². The zero-order chi connectivity index (χ0) is 16.3. The van der Waals surface area contributed by atoms with Crippen LogP contribution in [0, 0.1) is 0 Å². The first-order valence-corrected chi connectivity index (χ1v) is 6.81. The number of benzene rings is 1. The predicted molar refractivity (Wildman–Crippen MR) is 80.2 cm³/mol. The molecule has 0 bridgehead atoms. The van der Waals surface area contributed by atoms with Crippen LogP contribution in [0.25, 0.3) is 0 Å². The standard InChI is InChI=1S/C14H14ClN3O4/c1-3-22-14(21)11-7-10(17-18(11)2)13(20)16-9-6-8(15)4-5-12(9)19/h4-7,19H,3H2,1-2H3,(H,16,20). The number of nitrogens with one attached hydrogen (secondary N) is 1. The van der Waals surface area contributed by atoms with Crippen molar-refractivity contribution < 1.29 is 19.4 Å². The predicted octanol–water partition coefficient (Wildman–Crippen LogP) is 2.21. The van der Waals surface area contributed by atoms with Gasteiger partial charge in [0.1, 0.15) is 11.4 Å². The zero-order valence-electron chi connectivity index (χ0n) is 12.0. The molecule has 0 radical (unpaired) electrons. The molecule has 116 valence electrons. The van der Waals surface area contributed by atoms with Gasteiger partial charge < -0.3 is 15.2 Å². The fourth-order valence-corrected chi connectivity index (χ4v) is 1.94. The van der Waals surface area contributed by atoms with Crippen molar-refractivity contribution in [3.8, 4) is 5.75 Å². The van der Waals surface area contributed by atoms with Gasteiger partial charge in [0.05, 0.1) is 12.3 Å². The summed E-state index contributed by atoms with van der Waals surface area (Å²) in [6.07, 6.45) is 0. The van der Waals surface area contributed by atoms with E-state index in [0.717, 1.165) is 0 Å². The van der Waals surface area contributed by atoms with Crippen LogP contribution in [0.2, 0.25) is 5.02 Å². The number of nitrogens with zero attached hydrogens (tertiary/aromatic N) is 2. The molecule has 0 saturated carbocycles. The van der Waals surface area contributed by atoms with E-state index >= 15 is 0 Å². The largest absolute Gasteiger partial charge is 0.506 e. The summed E-state index contributed by atoms with van der Waals surface area (Å²) in [4.78, 5) is 23.8. The smallest absolute Gasteiger partial charge is 0.356 e. The van der Waals surface area contributed by atoms with Gasteiger partial charge in [-0.25, -0.2) is 4.79 Å². The molecule has 2 N–H and O–H groups in total. The Morgan fingerprint density at radius 3 is 2.82 bits per heavy atom. The number of carbonyl (C=O) groups excluding carboxylic acids is 2. The van der Waals surface area contributed by atoms with Crippen molar-refractivity contribution in [1.29, 1.82) is 0 Å². The van der Waals surface area contributed by atoms with Crippen LogP contribution >= 0.6 is 11.6 Å². The number of esters is 1. The Labute approximate surface area is 131 Å². The third-order valence-electron chi connectivity index (χ3n) is 2.80. The van der Waals surface area contributed by atoms with Crippen LogP contribution in [0.4, 0.5) is 5.69 Å². The summed E-state index contributed by atoms with van der Waals surface area (Å²) >= 11 is 5.81. The van der Waals surface area contributed by atoms with Gasteiger partial charge in [0.2, 0.25) is 0 Å². The van der Waals surface area contributed by atoms with Crippen molar-refractivity contribution in [2.75, 3.05) is 11.9 Å². The number of amides is 1. The number of ether oxygens (including phenoxy) is 1. The van der Waals surface area contributed by atoms with Crippen molar-refractivity contribution >= 4 is 29.2 Å². The summed E-state index contributed by atoms with van der Waals surface area (Å²) in [5.74, 6) is -1.27. The van der Waals surface area contributed by atoms with Crippen molar-refractivity contribution in [1.82, 2.24) is 9.78 Å². The van der Waals surface area contributed by atoms with Gasteiger partial charge in [0, 0.05) is 18.1 Å². The summed E-state index contributed by atoms with van der Waals surface area (Å²) in [5, 5.41) is 16.5. The molecule has 0 aliphatic heterocycles. The highest BCUT2D eigenvalue weighted by atomic mass is 35.5. The number of halogens is 1. The van der Waals surface area contributed by atoms with Gasteiger partial charge in [-0.3, -0.25) is 9.48 Å². The minimum atomic E-state index is -0.580. The number of aromatic nitrogens is 2.